The first-order chi connectivity index (χ1) is 11.6. The number of fused-ring (bicyclic) bond motifs is 1. The number of hydrogen-bond donors (Lipinski definition) is 1. The standard InChI is InChI=1S/C19H28N2O3/c1-13(2)12-24-16-10-17(22)21-9-5-3-4-6-15(21)18(16)19(23)20-11-14-7-8-14/h10,13-14H,3-9,11-12H2,1-2H3,(H,20,23). The Morgan fingerprint density at radius 3 is 2.83 bits per heavy atom. The Kier molecular flexibility index (Phi) is 5.27. The maximum absolute atomic E-state index is 12.8. The molecule has 3 rings (SSSR count). The fourth-order valence-corrected chi connectivity index (χ4v) is 3.18. The zero-order valence-electron chi connectivity index (χ0n) is 14.8. The van der Waals surface area contributed by atoms with Gasteiger partial charge in [0.25, 0.3) is 11.5 Å². The molecule has 0 spiro atoms. The van der Waals surface area contributed by atoms with Crippen molar-refractivity contribution in [1.29, 1.82) is 0 Å². The summed E-state index contributed by atoms with van der Waals surface area (Å²) in [5.41, 5.74) is 1.38. The van der Waals surface area contributed by atoms with E-state index in [0.717, 1.165) is 37.9 Å². The van der Waals surface area contributed by atoms with Crippen LogP contribution < -0.4 is 15.6 Å². The van der Waals surface area contributed by atoms with Crippen LogP contribution in [0.5, 0.6) is 5.75 Å². The quantitative estimate of drug-likeness (QED) is 0.871. The van der Waals surface area contributed by atoms with E-state index in [9.17, 15) is 9.59 Å². The van der Waals surface area contributed by atoms with E-state index in [1.165, 1.54) is 18.9 Å². The summed E-state index contributed by atoms with van der Waals surface area (Å²) in [5.74, 6) is 1.33. The van der Waals surface area contributed by atoms with Crippen molar-refractivity contribution in [3.8, 4) is 5.75 Å². The van der Waals surface area contributed by atoms with E-state index in [2.05, 4.69) is 19.2 Å². The van der Waals surface area contributed by atoms with Gasteiger partial charge in [-0.25, -0.2) is 0 Å². The Morgan fingerprint density at radius 2 is 2.12 bits per heavy atom. The molecule has 0 radical (unpaired) electrons. The Morgan fingerprint density at radius 1 is 1.33 bits per heavy atom. The summed E-state index contributed by atoms with van der Waals surface area (Å²) in [6.07, 6.45) is 6.25. The fraction of sp³-hybridized carbons (Fsp3) is 0.684. The maximum atomic E-state index is 12.8. The molecule has 1 aliphatic heterocycles. The fourth-order valence-electron chi connectivity index (χ4n) is 3.18. The molecular formula is C19H28N2O3. The van der Waals surface area contributed by atoms with Crippen LogP contribution in [0.2, 0.25) is 0 Å². The van der Waals surface area contributed by atoms with E-state index in [1.54, 1.807) is 4.57 Å². The van der Waals surface area contributed by atoms with E-state index >= 15 is 0 Å². The molecule has 5 nitrogen and oxygen atoms in total. The topological polar surface area (TPSA) is 60.3 Å². The van der Waals surface area contributed by atoms with Crippen LogP contribution in [0.1, 0.15) is 62.0 Å². The second-order valence-electron chi connectivity index (χ2n) is 7.49. The number of rotatable bonds is 6. The third-order valence-electron chi connectivity index (χ3n) is 4.72. The summed E-state index contributed by atoms with van der Waals surface area (Å²) in [7, 11) is 0. The molecule has 0 unspecified atom stereocenters. The van der Waals surface area contributed by atoms with Crippen molar-refractivity contribution in [3.63, 3.8) is 0 Å². The van der Waals surface area contributed by atoms with Crippen LogP contribution in [-0.4, -0.2) is 23.6 Å². The van der Waals surface area contributed by atoms with Gasteiger partial charge in [-0.1, -0.05) is 20.3 Å². The Hall–Kier alpha value is -1.78. The van der Waals surface area contributed by atoms with Crippen molar-refractivity contribution in [1.82, 2.24) is 9.88 Å². The number of ether oxygens (including phenoxy) is 1. The molecule has 5 heteroatoms. The second kappa shape index (κ2) is 7.41. The van der Waals surface area contributed by atoms with Gasteiger partial charge in [-0.3, -0.25) is 9.59 Å². The predicted molar refractivity (Wildman–Crippen MR) is 93.6 cm³/mol. The van der Waals surface area contributed by atoms with Crippen LogP contribution in [0.4, 0.5) is 0 Å². The number of carbonyl (C=O) groups is 1. The van der Waals surface area contributed by atoms with Crippen molar-refractivity contribution in [2.24, 2.45) is 11.8 Å². The molecule has 0 atom stereocenters. The Balaban J connectivity index is 1.96. The third-order valence-corrected chi connectivity index (χ3v) is 4.72. The molecule has 1 amide bonds. The highest BCUT2D eigenvalue weighted by Crippen LogP contribution is 2.29. The van der Waals surface area contributed by atoms with Crippen molar-refractivity contribution >= 4 is 5.91 Å². The average molecular weight is 332 g/mol. The van der Waals surface area contributed by atoms with Crippen LogP contribution in [0.15, 0.2) is 10.9 Å². The van der Waals surface area contributed by atoms with Gasteiger partial charge in [0.2, 0.25) is 0 Å². The first-order valence-corrected chi connectivity index (χ1v) is 9.24. The van der Waals surface area contributed by atoms with E-state index in [1.807, 2.05) is 0 Å². The number of pyridine rings is 1. The van der Waals surface area contributed by atoms with E-state index in [4.69, 9.17) is 4.74 Å². The Labute approximate surface area is 143 Å². The summed E-state index contributed by atoms with van der Waals surface area (Å²) in [4.78, 5) is 25.3. The van der Waals surface area contributed by atoms with E-state index < -0.39 is 0 Å². The summed E-state index contributed by atoms with van der Waals surface area (Å²) in [6.45, 7) is 6.04. The molecule has 1 aliphatic carbocycles. The zero-order valence-corrected chi connectivity index (χ0v) is 14.8. The SMILES string of the molecule is CC(C)COc1cc(=O)n2c(c1C(=O)NCC1CC1)CCCCC2. The molecule has 132 valence electrons. The van der Waals surface area contributed by atoms with Gasteiger partial charge in [0, 0.05) is 24.8 Å². The van der Waals surface area contributed by atoms with E-state index in [0.29, 0.717) is 36.3 Å². The maximum Gasteiger partial charge on any atom is 0.256 e. The zero-order chi connectivity index (χ0) is 17.1. The smallest absolute Gasteiger partial charge is 0.256 e. The summed E-state index contributed by atoms with van der Waals surface area (Å²) in [5, 5.41) is 3.04. The largest absolute Gasteiger partial charge is 0.492 e. The van der Waals surface area contributed by atoms with Gasteiger partial charge in [0.15, 0.2) is 0 Å². The van der Waals surface area contributed by atoms with Gasteiger partial charge in [0.1, 0.15) is 11.3 Å². The third kappa shape index (κ3) is 4.00. The lowest BCUT2D eigenvalue weighted by atomic mass is 10.1. The molecule has 1 aromatic heterocycles. The number of nitrogens with one attached hydrogen (secondary N) is 1. The molecule has 1 fully saturated rings. The number of nitrogens with zero attached hydrogens (tertiary/aromatic N) is 1. The highest BCUT2D eigenvalue weighted by atomic mass is 16.5. The van der Waals surface area contributed by atoms with Crippen LogP contribution in [0.3, 0.4) is 0 Å². The lowest BCUT2D eigenvalue weighted by Gasteiger charge is -2.19. The Bertz CT molecular complexity index is 659. The number of aromatic nitrogens is 1. The molecular weight excluding hydrogens is 304 g/mol. The number of carbonyl (C=O) groups excluding carboxylic acids is 1. The van der Waals surface area contributed by atoms with Crippen LogP contribution >= 0.6 is 0 Å². The highest BCUT2D eigenvalue weighted by molar-refractivity contribution is 5.98. The van der Waals surface area contributed by atoms with Gasteiger partial charge in [-0.15, -0.1) is 0 Å². The average Bonchev–Trinajstić information content (AvgIpc) is 3.37. The second-order valence-corrected chi connectivity index (χ2v) is 7.49. The first kappa shape index (κ1) is 17.1. The molecule has 2 aliphatic rings. The van der Waals surface area contributed by atoms with Gasteiger partial charge < -0.3 is 14.6 Å². The van der Waals surface area contributed by atoms with Gasteiger partial charge in [-0.05, 0) is 43.9 Å². The lowest BCUT2D eigenvalue weighted by molar-refractivity contribution is 0.0944. The van der Waals surface area contributed by atoms with E-state index in [-0.39, 0.29) is 11.5 Å². The molecule has 1 N–H and O–H groups in total. The monoisotopic (exact) mass is 332 g/mol. The molecule has 1 saturated carbocycles. The van der Waals surface area contributed by atoms with Crippen molar-refractivity contribution in [2.45, 2.75) is 58.9 Å². The molecule has 0 saturated heterocycles. The summed E-state index contributed by atoms with van der Waals surface area (Å²) in [6, 6.07) is 1.50. The van der Waals surface area contributed by atoms with Crippen molar-refractivity contribution < 1.29 is 9.53 Å². The lowest BCUT2D eigenvalue weighted by Crippen LogP contribution is -2.32. The number of amides is 1. The van der Waals surface area contributed by atoms with Gasteiger partial charge in [-0.2, -0.15) is 0 Å². The van der Waals surface area contributed by atoms with Crippen LogP contribution in [-0.2, 0) is 13.0 Å². The minimum atomic E-state index is -0.0914. The van der Waals surface area contributed by atoms with Gasteiger partial charge >= 0.3 is 0 Å². The molecule has 1 aromatic rings. The molecule has 0 bridgehead atoms. The molecule has 0 aromatic carbocycles. The summed E-state index contributed by atoms with van der Waals surface area (Å²) < 4.78 is 7.63. The van der Waals surface area contributed by atoms with Crippen molar-refractivity contribution in [3.05, 3.63) is 27.7 Å². The minimum Gasteiger partial charge on any atom is -0.492 e. The van der Waals surface area contributed by atoms with Crippen LogP contribution in [0.25, 0.3) is 0 Å². The highest BCUT2D eigenvalue weighted by Gasteiger charge is 2.26. The molecule has 2 heterocycles. The summed E-state index contributed by atoms with van der Waals surface area (Å²) >= 11 is 0. The van der Waals surface area contributed by atoms with Gasteiger partial charge in [0.05, 0.1) is 6.61 Å². The molecule has 24 heavy (non-hydrogen) atoms. The van der Waals surface area contributed by atoms with Crippen molar-refractivity contribution in [2.75, 3.05) is 13.2 Å². The minimum absolute atomic E-state index is 0.0515. The van der Waals surface area contributed by atoms with Crippen LogP contribution in [0, 0.1) is 11.8 Å². The normalized spacial score (nSPS) is 17.3. The predicted octanol–water partition coefficient (Wildman–Crippen LogP) is 2.75. The first-order valence-electron chi connectivity index (χ1n) is 9.24. The number of hydrogen-bond acceptors (Lipinski definition) is 3.